The number of nitrogens with two attached hydrogens (primary N) is 1. The minimum absolute atomic E-state index is 0.213. The largest absolute Gasteiger partial charge is 0.352 e. The quantitative estimate of drug-likeness (QED) is 0.745. The van der Waals surface area contributed by atoms with E-state index in [0.717, 1.165) is 24.8 Å². The normalized spacial score (nSPS) is 10.3. The third-order valence-electron chi connectivity index (χ3n) is 2.61. The molecule has 0 radical (unpaired) electrons. The smallest absolute Gasteiger partial charge is 0.251 e. The van der Waals surface area contributed by atoms with E-state index < -0.39 is 0 Å². The Labute approximate surface area is 101 Å². The lowest BCUT2D eigenvalue weighted by Crippen LogP contribution is -2.25. The molecule has 1 aromatic rings. The van der Waals surface area contributed by atoms with Gasteiger partial charge in [-0.1, -0.05) is 12.5 Å². The topological polar surface area (TPSA) is 55.1 Å². The van der Waals surface area contributed by atoms with Crippen molar-refractivity contribution < 1.29 is 9.18 Å². The van der Waals surface area contributed by atoms with Crippen LogP contribution in [-0.2, 0) is 0 Å². The summed E-state index contributed by atoms with van der Waals surface area (Å²) < 4.78 is 13.0. The highest BCUT2D eigenvalue weighted by molar-refractivity contribution is 5.95. The van der Waals surface area contributed by atoms with Crippen LogP contribution < -0.4 is 11.1 Å². The monoisotopic (exact) mass is 238 g/mol. The van der Waals surface area contributed by atoms with Gasteiger partial charge in [-0.15, -0.1) is 0 Å². The molecule has 0 atom stereocenters. The van der Waals surface area contributed by atoms with E-state index in [4.69, 9.17) is 5.73 Å². The van der Waals surface area contributed by atoms with Gasteiger partial charge in [0.2, 0.25) is 0 Å². The summed E-state index contributed by atoms with van der Waals surface area (Å²) in [5.74, 6) is -0.598. The Morgan fingerprint density at radius 3 is 2.82 bits per heavy atom. The molecule has 0 aromatic heterocycles. The highest BCUT2D eigenvalue weighted by Gasteiger charge is 2.08. The maximum atomic E-state index is 13.0. The number of benzene rings is 1. The Balaban J connectivity index is 2.44. The van der Waals surface area contributed by atoms with E-state index in [1.165, 1.54) is 12.1 Å². The van der Waals surface area contributed by atoms with Gasteiger partial charge in [0.25, 0.3) is 5.91 Å². The molecule has 0 heterocycles. The number of nitrogens with one attached hydrogen (secondary N) is 1. The van der Waals surface area contributed by atoms with E-state index in [1.807, 2.05) is 0 Å². The van der Waals surface area contributed by atoms with Gasteiger partial charge >= 0.3 is 0 Å². The molecule has 1 aromatic carbocycles. The predicted octanol–water partition coefficient (Wildman–Crippen LogP) is 1.99. The summed E-state index contributed by atoms with van der Waals surface area (Å²) in [7, 11) is 0. The van der Waals surface area contributed by atoms with Crippen LogP contribution in [0.2, 0.25) is 0 Å². The fourth-order valence-electron chi connectivity index (χ4n) is 1.58. The number of carbonyl (C=O) groups is 1. The third kappa shape index (κ3) is 4.53. The van der Waals surface area contributed by atoms with Gasteiger partial charge in [-0.25, -0.2) is 4.39 Å². The van der Waals surface area contributed by atoms with Crippen LogP contribution in [-0.4, -0.2) is 19.0 Å². The zero-order valence-corrected chi connectivity index (χ0v) is 10.1. The first-order valence-electron chi connectivity index (χ1n) is 5.89. The van der Waals surface area contributed by atoms with Gasteiger partial charge in [-0.2, -0.15) is 0 Å². The molecule has 17 heavy (non-hydrogen) atoms. The SMILES string of the molecule is Cc1ccc(F)cc1C(=O)NCCCCCN. The average Bonchev–Trinajstić information content (AvgIpc) is 2.32. The summed E-state index contributed by atoms with van der Waals surface area (Å²) in [5.41, 5.74) is 6.56. The minimum Gasteiger partial charge on any atom is -0.352 e. The molecule has 0 aliphatic rings. The van der Waals surface area contributed by atoms with E-state index in [-0.39, 0.29) is 11.7 Å². The van der Waals surface area contributed by atoms with Gasteiger partial charge in [-0.3, -0.25) is 4.79 Å². The summed E-state index contributed by atoms with van der Waals surface area (Å²) in [6.45, 7) is 3.08. The molecule has 0 aliphatic carbocycles. The van der Waals surface area contributed by atoms with Crippen LogP contribution in [0.25, 0.3) is 0 Å². The van der Waals surface area contributed by atoms with Crippen molar-refractivity contribution in [3.05, 3.63) is 35.1 Å². The van der Waals surface area contributed by atoms with E-state index in [0.29, 0.717) is 18.7 Å². The predicted molar refractivity (Wildman–Crippen MR) is 66.4 cm³/mol. The van der Waals surface area contributed by atoms with Crippen LogP contribution >= 0.6 is 0 Å². The van der Waals surface area contributed by atoms with Crippen LogP contribution in [0.3, 0.4) is 0 Å². The van der Waals surface area contributed by atoms with E-state index >= 15 is 0 Å². The van der Waals surface area contributed by atoms with Crippen molar-refractivity contribution in [2.45, 2.75) is 26.2 Å². The lowest BCUT2D eigenvalue weighted by atomic mass is 10.1. The van der Waals surface area contributed by atoms with Gasteiger partial charge in [0, 0.05) is 12.1 Å². The van der Waals surface area contributed by atoms with Gasteiger partial charge in [-0.05, 0) is 44.0 Å². The fourth-order valence-corrected chi connectivity index (χ4v) is 1.58. The molecule has 0 fully saturated rings. The second-order valence-corrected chi connectivity index (χ2v) is 4.06. The van der Waals surface area contributed by atoms with Gasteiger partial charge in [0.05, 0.1) is 0 Å². The maximum Gasteiger partial charge on any atom is 0.251 e. The molecule has 3 N–H and O–H groups in total. The molecule has 94 valence electrons. The first kappa shape index (κ1) is 13.6. The van der Waals surface area contributed by atoms with Crippen LogP contribution in [0, 0.1) is 12.7 Å². The second-order valence-electron chi connectivity index (χ2n) is 4.06. The second kappa shape index (κ2) is 7.01. The van der Waals surface area contributed by atoms with Crippen molar-refractivity contribution in [2.24, 2.45) is 5.73 Å². The van der Waals surface area contributed by atoms with E-state index in [2.05, 4.69) is 5.32 Å². The van der Waals surface area contributed by atoms with Gasteiger partial charge in [0.1, 0.15) is 5.82 Å². The molecule has 0 saturated heterocycles. The first-order valence-corrected chi connectivity index (χ1v) is 5.89. The zero-order chi connectivity index (χ0) is 12.7. The number of carbonyl (C=O) groups excluding carboxylic acids is 1. The standard InChI is InChI=1S/C13H19FN2O/c1-10-5-6-11(14)9-12(10)13(17)16-8-4-2-3-7-15/h5-6,9H,2-4,7-8,15H2,1H3,(H,16,17). The molecule has 1 rings (SSSR count). The molecule has 4 heteroatoms. The number of unbranched alkanes of at least 4 members (excludes halogenated alkanes) is 2. The molecule has 0 aliphatic heterocycles. The van der Waals surface area contributed by atoms with Gasteiger partial charge < -0.3 is 11.1 Å². The van der Waals surface area contributed by atoms with E-state index in [9.17, 15) is 9.18 Å². The van der Waals surface area contributed by atoms with Crippen molar-refractivity contribution in [3.63, 3.8) is 0 Å². The first-order chi connectivity index (χ1) is 8.15. The van der Waals surface area contributed by atoms with Crippen molar-refractivity contribution in [1.82, 2.24) is 5.32 Å². The lowest BCUT2D eigenvalue weighted by molar-refractivity contribution is 0.0952. The van der Waals surface area contributed by atoms with Crippen LogP contribution in [0.5, 0.6) is 0 Å². The summed E-state index contributed by atoms with van der Waals surface area (Å²) >= 11 is 0. The lowest BCUT2D eigenvalue weighted by Gasteiger charge is -2.07. The van der Waals surface area contributed by atoms with Gasteiger partial charge in [0.15, 0.2) is 0 Å². The fraction of sp³-hybridized carbons (Fsp3) is 0.462. The summed E-state index contributed by atoms with van der Waals surface area (Å²) in [6.07, 6.45) is 2.87. The van der Waals surface area contributed by atoms with Crippen LogP contribution in [0.15, 0.2) is 18.2 Å². The summed E-state index contributed by atoms with van der Waals surface area (Å²) in [6, 6.07) is 4.23. The number of aryl methyl sites for hydroxylation is 1. The Morgan fingerprint density at radius 2 is 2.12 bits per heavy atom. The highest BCUT2D eigenvalue weighted by Crippen LogP contribution is 2.09. The molecule has 3 nitrogen and oxygen atoms in total. The molecule has 0 bridgehead atoms. The number of halogens is 1. The van der Waals surface area contributed by atoms with Crippen molar-refractivity contribution in [1.29, 1.82) is 0 Å². The average molecular weight is 238 g/mol. The minimum atomic E-state index is -0.385. The van der Waals surface area contributed by atoms with Crippen LogP contribution in [0.4, 0.5) is 4.39 Å². The van der Waals surface area contributed by atoms with Crippen molar-refractivity contribution in [3.8, 4) is 0 Å². The highest BCUT2D eigenvalue weighted by atomic mass is 19.1. The van der Waals surface area contributed by atoms with Crippen molar-refractivity contribution in [2.75, 3.05) is 13.1 Å². The zero-order valence-electron chi connectivity index (χ0n) is 10.1. The molecule has 0 spiro atoms. The Hall–Kier alpha value is -1.42. The number of hydrogen-bond acceptors (Lipinski definition) is 2. The van der Waals surface area contributed by atoms with Crippen molar-refractivity contribution >= 4 is 5.91 Å². The molecular formula is C13H19FN2O. The number of hydrogen-bond donors (Lipinski definition) is 2. The molecular weight excluding hydrogens is 219 g/mol. The Morgan fingerprint density at radius 1 is 1.35 bits per heavy atom. The summed E-state index contributed by atoms with van der Waals surface area (Å²) in [4.78, 5) is 11.7. The Kier molecular flexibility index (Phi) is 5.63. The summed E-state index contributed by atoms with van der Waals surface area (Å²) in [5, 5.41) is 2.78. The van der Waals surface area contributed by atoms with E-state index in [1.54, 1.807) is 13.0 Å². The molecule has 0 unspecified atom stereocenters. The third-order valence-corrected chi connectivity index (χ3v) is 2.61. The van der Waals surface area contributed by atoms with Crippen LogP contribution in [0.1, 0.15) is 35.2 Å². The molecule has 0 saturated carbocycles. The number of rotatable bonds is 6. The molecule has 1 amide bonds. The Bertz CT molecular complexity index is 380. The number of amides is 1. The maximum absolute atomic E-state index is 13.0.